The third-order valence-corrected chi connectivity index (χ3v) is 4.11. The zero-order valence-electron chi connectivity index (χ0n) is 11.0. The van der Waals surface area contributed by atoms with Gasteiger partial charge in [-0.25, -0.2) is 0 Å². The van der Waals surface area contributed by atoms with Gasteiger partial charge in [0.25, 0.3) is 0 Å². The maximum absolute atomic E-state index is 6.23. The summed E-state index contributed by atoms with van der Waals surface area (Å²) in [7, 11) is 0. The first-order valence-corrected chi connectivity index (χ1v) is 7.15. The van der Waals surface area contributed by atoms with Crippen molar-refractivity contribution >= 4 is 39.8 Å². The molecule has 0 aliphatic rings. The van der Waals surface area contributed by atoms with Gasteiger partial charge in [0.05, 0.1) is 10.7 Å². The van der Waals surface area contributed by atoms with Crippen molar-refractivity contribution in [3.63, 3.8) is 0 Å². The van der Waals surface area contributed by atoms with Gasteiger partial charge in [0.1, 0.15) is 0 Å². The van der Waals surface area contributed by atoms with Gasteiger partial charge < -0.3 is 10.3 Å². The van der Waals surface area contributed by atoms with E-state index in [1.54, 1.807) is 0 Å². The van der Waals surface area contributed by atoms with Crippen molar-refractivity contribution in [1.82, 2.24) is 4.98 Å². The third kappa shape index (κ3) is 2.49. The summed E-state index contributed by atoms with van der Waals surface area (Å²) < 4.78 is 0. The minimum Gasteiger partial charge on any atom is -0.380 e. The second-order valence-electron chi connectivity index (χ2n) is 4.79. The summed E-state index contributed by atoms with van der Waals surface area (Å²) in [6.45, 7) is 2.64. The summed E-state index contributed by atoms with van der Waals surface area (Å²) in [5.74, 6) is 0. The quantitative estimate of drug-likeness (QED) is 0.666. The Morgan fingerprint density at radius 1 is 1.10 bits per heavy atom. The van der Waals surface area contributed by atoms with Crippen molar-refractivity contribution in [2.24, 2.45) is 0 Å². The summed E-state index contributed by atoms with van der Waals surface area (Å²) in [5.41, 5.74) is 4.17. The van der Waals surface area contributed by atoms with Gasteiger partial charge in [-0.3, -0.25) is 0 Å². The zero-order chi connectivity index (χ0) is 14.1. The normalized spacial score (nSPS) is 10.9. The average Bonchev–Trinajstić information content (AvgIpc) is 2.85. The Kier molecular flexibility index (Phi) is 3.60. The molecule has 0 fully saturated rings. The van der Waals surface area contributed by atoms with Crippen LogP contribution in [-0.4, -0.2) is 4.98 Å². The number of hydrogen-bond donors (Lipinski definition) is 2. The van der Waals surface area contributed by atoms with Crippen molar-refractivity contribution in [2.75, 3.05) is 5.32 Å². The second kappa shape index (κ2) is 5.39. The molecule has 0 unspecified atom stereocenters. The van der Waals surface area contributed by atoms with E-state index in [9.17, 15) is 0 Å². The first-order valence-electron chi connectivity index (χ1n) is 6.39. The van der Waals surface area contributed by atoms with Gasteiger partial charge in [-0.2, -0.15) is 0 Å². The van der Waals surface area contributed by atoms with Crippen LogP contribution < -0.4 is 5.32 Å². The molecule has 0 atom stereocenters. The molecule has 0 radical (unpaired) electrons. The molecule has 3 rings (SSSR count). The molecule has 20 heavy (non-hydrogen) atoms. The second-order valence-corrected chi connectivity index (χ2v) is 5.61. The van der Waals surface area contributed by atoms with Gasteiger partial charge in [-0.15, -0.1) is 0 Å². The zero-order valence-corrected chi connectivity index (χ0v) is 12.5. The number of aryl methyl sites for hydroxylation is 1. The molecule has 0 amide bonds. The lowest BCUT2D eigenvalue weighted by atomic mass is 10.1. The first kappa shape index (κ1) is 13.3. The lowest BCUT2D eigenvalue weighted by Crippen LogP contribution is -1.99. The number of H-pyrrole nitrogens is 1. The predicted molar refractivity (Wildman–Crippen MR) is 86.8 cm³/mol. The lowest BCUT2D eigenvalue weighted by Gasteiger charge is -2.10. The first-order chi connectivity index (χ1) is 9.65. The number of hydrogen-bond acceptors (Lipinski definition) is 1. The van der Waals surface area contributed by atoms with Gasteiger partial charge in [0.2, 0.25) is 0 Å². The Morgan fingerprint density at radius 2 is 1.90 bits per heavy atom. The summed E-state index contributed by atoms with van der Waals surface area (Å²) in [6.07, 6.45) is 2.02. The number of fused-ring (bicyclic) bond motifs is 1. The van der Waals surface area contributed by atoms with Gasteiger partial charge >= 0.3 is 0 Å². The average molecular weight is 305 g/mol. The highest BCUT2D eigenvalue weighted by Crippen LogP contribution is 2.29. The van der Waals surface area contributed by atoms with Crippen LogP contribution in [0.2, 0.25) is 10.0 Å². The van der Waals surface area contributed by atoms with Gasteiger partial charge in [-0.1, -0.05) is 41.4 Å². The molecule has 3 aromatic rings. The van der Waals surface area contributed by atoms with Crippen LogP contribution in [0, 0.1) is 6.92 Å². The molecular formula is C16H14Cl2N2. The highest BCUT2D eigenvalue weighted by atomic mass is 35.5. The third-order valence-electron chi connectivity index (χ3n) is 3.39. The smallest absolute Gasteiger partial charge is 0.0641 e. The molecule has 0 aliphatic heterocycles. The molecule has 0 saturated carbocycles. The molecule has 0 bridgehead atoms. The van der Waals surface area contributed by atoms with Gasteiger partial charge in [-0.05, 0) is 36.2 Å². The maximum Gasteiger partial charge on any atom is 0.0641 e. The minimum absolute atomic E-state index is 0.687. The minimum atomic E-state index is 0.687. The molecule has 2 aromatic carbocycles. The van der Waals surface area contributed by atoms with Crippen molar-refractivity contribution in [1.29, 1.82) is 0 Å². The maximum atomic E-state index is 6.23. The van der Waals surface area contributed by atoms with Gasteiger partial charge in [0.15, 0.2) is 0 Å². The van der Waals surface area contributed by atoms with E-state index in [1.807, 2.05) is 37.4 Å². The Labute approximate surface area is 127 Å². The number of aromatic amines is 1. The predicted octanol–water partition coefficient (Wildman–Crippen LogP) is 5.40. The van der Waals surface area contributed by atoms with E-state index in [0.29, 0.717) is 11.6 Å². The monoisotopic (exact) mass is 304 g/mol. The topological polar surface area (TPSA) is 27.8 Å². The van der Waals surface area contributed by atoms with Crippen LogP contribution >= 0.6 is 23.2 Å². The highest BCUT2D eigenvalue weighted by molar-refractivity contribution is 6.35. The van der Waals surface area contributed by atoms with E-state index in [0.717, 1.165) is 21.8 Å². The molecule has 1 heterocycles. The molecule has 1 aromatic heterocycles. The van der Waals surface area contributed by atoms with Crippen molar-refractivity contribution < 1.29 is 0 Å². The molecule has 0 aliphatic carbocycles. The molecule has 2 N–H and O–H groups in total. The number of para-hydroxylation sites is 1. The van der Waals surface area contributed by atoms with E-state index >= 15 is 0 Å². The number of halogens is 2. The number of rotatable bonds is 3. The lowest BCUT2D eigenvalue weighted by molar-refractivity contribution is 1.16. The fourth-order valence-electron chi connectivity index (χ4n) is 2.25. The molecule has 0 spiro atoms. The molecule has 102 valence electrons. The van der Waals surface area contributed by atoms with Gasteiger partial charge in [0, 0.05) is 28.7 Å². The standard InChI is InChI=1S/C16H14Cl2N2/c1-10-6-14(18)16(7-13(10)17)20-9-11-8-19-15-5-3-2-4-12(11)15/h2-8,19-20H,9H2,1H3. The van der Waals surface area contributed by atoms with Crippen LogP contribution in [0.3, 0.4) is 0 Å². The van der Waals surface area contributed by atoms with E-state index in [4.69, 9.17) is 23.2 Å². The van der Waals surface area contributed by atoms with Crippen molar-refractivity contribution in [2.45, 2.75) is 13.5 Å². The van der Waals surface area contributed by atoms with Crippen LogP contribution in [0.1, 0.15) is 11.1 Å². The Hall–Kier alpha value is -1.64. The fraction of sp³-hybridized carbons (Fsp3) is 0.125. The molecule has 2 nitrogen and oxygen atoms in total. The van der Waals surface area contributed by atoms with E-state index < -0.39 is 0 Å². The van der Waals surface area contributed by atoms with E-state index in [2.05, 4.69) is 22.4 Å². The van der Waals surface area contributed by atoms with Crippen LogP contribution in [0.4, 0.5) is 5.69 Å². The highest BCUT2D eigenvalue weighted by Gasteiger charge is 2.06. The van der Waals surface area contributed by atoms with Crippen LogP contribution in [0.5, 0.6) is 0 Å². The number of aromatic nitrogens is 1. The van der Waals surface area contributed by atoms with Crippen molar-refractivity contribution in [3.05, 3.63) is 63.8 Å². The molecule has 0 saturated heterocycles. The number of anilines is 1. The van der Waals surface area contributed by atoms with E-state index in [1.165, 1.54) is 10.9 Å². The van der Waals surface area contributed by atoms with Crippen LogP contribution in [0.15, 0.2) is 42.6 Å². The molecule has 4 heteroatoms. The van der Waals surface area contributed by atoms with Crippen molar-refractivity contribution in [3.8, 4) is 0 Å². The van der Waals surface area contributed by atoms with Crippen LogP contribution in [0.25, 0.3) is 10.9 Å². The Bertz CT molecular complexity index is 762. The summed E-state index contributed by atoms with van der Waals surface area (Å²) in [6, 6.07) is 12.0. The summed E-state index contributed by atoms with van der Waals surface area (Å²) in [4.78, 5) is 3.26. The summed E-state index contributed by atoms with van der Waals surface area (Å²) >= 11 is 12.4. The SMILES string of the molecule is Cc1cc(Cl)c(NCc2c[nH]c3ccccc23)cc1Cl. The molecular weight excluding hydrogens is 291 g/mol. The number of benzene rings is 2. The largest absolute Gasteiger partial charge is 0.380 e. The van der Waals surface area contributed by atoms with Crippen LogP contribution in [-0.2, 0) is 6.54 Å². The number of nitrogens with one attached hydrogen (secondary N) is 2. The summed E-state index contributed by atoms with van der Waals surface area (Å²) in [5, 5.41) is 5.96. The van der Waals surface area contributed by atoms with E-state index in [-0.39, 0.29) is 0 Å². The Balaban J connectivity index is 1.85. The Morgan fingerprint density at radius 3 is 2.75 bits per heavy atom. The fourth-order valence-corrected chi connectivity index (χ4v) is 2.70.